The molecule has 130 valence electrons. The predicted molar refractivity (Wildman–Crippen MR) is 88.9 cm³/mol. The van der Waals surface area contributed by atoms with Gasteiger partial charge in [-0.25, -0.2) is 4.98 Å². The molecule has 0 spiro atoms. The minimum Gasteiger partial charge on any atom is -0.369 e. The maximum atomic E-state index is 12.6. The van der Waals surface area contributed by atoms with Crippen LogP contribution >= 0.6 is 0 Å². The van der Waals surface area contributed by atoms with Gasteiger partial charge in [-0.05, 0) is 25.0 Å². The number of hydrogen-bond donors (Lipinski definition) is 1. The number of hydrogen-bond acceptors (Lipinski definition) is 5. The molecule has 0 bridgehead atoms. The molecule has 0 aromatic carbocycles. The zero-order valence-corrected chi connectivity index (χ0v) is 14.1. The second kappa shape index (κ2) is 5.96. The van der Waals surface area contributed by atoms with Crippen LogP contribution in [0.2, 0.25) is 0 Å². The number of likely N-dealkylation sites (N-methyl/N-ethyl adjacent to an activating group) is 1. The van der Waals surface area contributed by atoms with Crippen LogP contribution in [-0.4, -0.2) is 39.4 Å². The standard InChI is InChI=1S/C17H19N5O3/c1-10-12-5-14(19-6-11(12)8-25-10)16(23)20-13-3-4-22-9-18-7-15(22)21(2)17(13)24/h5-7,9-10,13H,3-4,8H2,1-2H3,(H,20,23). The van der Waals surface area contributed by atoms with Crippen molar-refractivity contribution in [3.05, 3.63) is 41.6 Å². The normalized spacial score (nSPS) is 22.3. The summed E-state index contributed by atoms with van der Waals surface area (Å²) in [6.07, 6.45) is 5.46. The van der Waals surface area contributed by atoms with Gasteiger partial charge >= 0.3 is 0 Å². The first-order valence-electron chi connectivity index (χ1n) is 8.23. The van der Waals surface area contributed by atoms with Gasteiger partial charge in [0.15, 0.2) is 0 Å². The van der Waals surface area contributed by atoms with Gasteiger partial charge < -0.3 is 14.6 Å². The Morgan fingerprint density at radius 1 is 1.40 bits per heavy atom. The van der Waals surface area contributed by atoms with Crippen molar-refractivity contribution in [2.45, 2.75) is 38.6 Å². The second-order valence-corrected chi connectivity index (χ2v) is 6.38. The Kier molecular flexibility index (Phi) is 3.76. The molecule has 0 saturated heterocycles. The highest BCUT2D eigenvalue weighted by Gasteiger charge is 2.30. The van der Waals surface area contributed by atoms with Gasteiger partial charge in [-0.3, -0.25) is 19.5 Å². The lowest BCUT2D eigenvalue weighted by Crippen LogP contribution is -2.47. The average molecular weight is 341 g/mol. The van der Waals surface area contributed by atoms with Crippen molar-refractivity contribution in [2.24, 2.45) is 0 Å². The Bertz CT molecular complexity index is 847. The SMILES string of the molecule is CC1OCc2cnc(C(=O)NC3CCn4cncc4N(C)C3=O)cc21. The molecule has 0 fully saturated rings. The van der Waals surface area contributed by atoms with E-state index in [4.69, 9.17) is 4.74 Å². The molecule has 4 rings (SSSR count). The topological polar surface area (TPSA) is 89.3 Å². The lowest BCUT2D eigenvalue weighted by molar-refractivity contribution is -0.120. The molecule has 2 aliphatic rings. The molecule has 2 aliphatic heterocycles. The number of carbonyl (C=O) groups is 2. The summed E-state index contributed by atoms with van der Waals surface area (Å²) in [5.74, 6) is 0.215. The smallest absolute Gasteiger partial charge is 0.270 e. The average Bonchev–Trinajstić information content (AvgIpc) is 3.21. The number of fused-ring (bicyclic) bond motifs is 2. The first-order chi connectivity index (χ1) is 12.0. The van der Waals surface area contributed by atoms with Gasteiger partial charge in [-0.2, -0.15) is 0 Å². The first kappa shape index (κ1) is 15.8. The first-order valence-corrected chi connectivity index (χ1v) is 8.23. The number of ether oxygens (including phenoxy) is 1. The molecular weight excluding hydrogens is 322 g/mol. The monoisotopic (exact) mass is 341 g/mol. The highest BCUT2D eigenvalue weighted by molar-refractivity contribution is 6.01. The molecule has 25 heavy (non-hydrogen) atoms. The van der Waals surface area contributed by atoms with Crippen LogP contribution in [0.3, 0.4) is 0 Å². The molecule has 2 aromatic rings. The number of nitrogens with one attached hydrogen (secondary N) is 1. The molecule has 8 nitrogen and oxygen atoms in total. The van der Waals surface area contributed by atoms with Crippen molar-refractivity contribution in [1.29, 1.82) is 0 Å². The molecule has 2 aromatic heterocycles. The van der Waals surface area contributed by atoms with E-state index in [-0.39, 0.29) is 17.9 Å². The summed E-state index contributed by atoms with van der Waals surface area (Å²) in [6.45, 7) is 3.07. The molecule has 2 unspecified atom stereocenters. The molecule has 1 N–H and O–H groups in total. The van der Waals surface area contributed by atoms with Crippen LogP contribution in [0.5, 0.6) is 0 Å². The van der Waals surface area contributed by atoms with Gasteiger partial charge in [-0.1, -0.05) is 0 Å². The Balaban J connectivity index is 1.52. The summed E-state index contributed by atoms with van der Waals surface area (Å²) >= 11 is 0. The summed E-state index contributed by atoms with van der Waals surface area (Å²) in [4.78, 5) is 35.0. The number of carbonyl (C=O) groups excluding carboxylic acids is 2. The van der Waals surface area contributed by atoms with Gasteiger partial charge in [0, 0.05) is 25.4 Å². The summed E-state index contributed by atoms with van der Waals surface area (Å²) in [5.41, 5.74) is 2.28. The summed E-state index contributed by atoms with van der Waals surface area (Å²) in [7, 11) is 1.69. The Morgan fingerprint density at radius 2 is 2.24 bits per heavy atom. The fourth-order valence-corrected chi connectivity index (χ4v) is 3.30. The molecule has 8 heteroatoms. The van der Waals surface area contributed by atoms with Crippen LogP contribution in [0.15, 0.2) is 24.8 Å². The fourth-order valence-electron chi connectivity index (χ4n) is 3.30. The van der Waals surface area contributed by atoms with Crippen LogP contribution in [-0.2, 0) is 22.7 Å². The molecule has 2 atom stereocenters. The van der Waals surface area contributed by atoms with Crippen molar-refractivity contribution >= 4 is 17.6 Å². The summed E-state index contributed by atoms with van der Waals surface area (Å²) in [5, 5.41) is 2.82. The maximum absolute atomic E-state index is 12.6. The number of nitrogens with zero attached hydrogens (tertiary/aromatic N) is 4. The number of anilines is 1. The van der Waals surface area contributed by atoms with Crippen LogP contribution in [0.4, 0.5) is 5.82 Å². The number of imidazole rings is 1. The lowest BCUT2D eigenvalue weighted by atomic mass is 10.1. The molecule has 0 radical (unpaired) electrons. The third kappa shape index (κ3) is 2.68. The summed E-state index contributed by atoms with van der Waals surface area (Å²) < 4.78 is 7.44. The molecule has 4 heterocycles. The van der Waals surface area contributed by atoms with Crippen molar-refractivity contribution in [3.63, 3.8) is 0 Å². The van der Waals surface area contributed by atoms with Gasteiger partial charge in [-0.15, -0.1) is 0 Å². The van der Waals surface area contributed by atoms with Gasteiger partial charge in [0.25, 0.3) is 11.8 Å². The maximum Gasteiger partial charge on any atom is 0.270 e. The highest BCUT2D eigenvalue weighted by Crippen LogP contribution is 2.29. The number of amides is 2. The van der Waals surface area contributed by atoms with Crippen molar-refractivity contribution in [1.82, 2.24) is 19.9 Å². The number of pyridine rings is 1. The Hall–Kier alpha value is -2.74. The molecular formula is C17H19N5O3. The zero-order valence-electron chi connectivity index (χ0n) is 14.1. The van der Waals surface area contributed by atoms with Crippen LogP contribution in [0.25, 0.3) is 0 Å². The lowest BCUT2D eigenvalue weighted by Gasteiger charge is -2.20. The van der Waals surface area contributed by atoms with Gasteiger partial charge in [0.2, 0.25) is 0 Å². The van der Waals surface area contributed by atoms with E-state index in [0.29, 0.717) is 25.3 Å². The van der Waals surface area contributed by atoms with Crippen LogP contribution in [0.1, 0.15) is 41.1 Å². The number of rotatable bonds is 2. The Labute approximate surface area is 144 Å². The third-order valence-corrected chi connectivity index (χ3v) is 4.81. The van der Waals surface area contributed by atoms with E-state index < -0.39 is 6.04 Å². The van der Waals surface area contributed by atoms with E-state index in [0.717, 1.165) is 16.9 Å². The van der Waals surface area contributed by atoms with Crippen molar-refractivity contribution in [2.75, 3.05) is 11.9 Å². The van der Waals surface area contributed by atoms with E-state index in [9.17, 15) is 9.59 Å². The zero-order chi connectivity index (χ0) is 17.6. The van der Waals surface area contributed by atoms with Crippen LogP contribution < -0.4 is 10.2 Å². The van der Waals surface area contributed by atoms with E-state index in [2.05, 4.69) is 15.3 Å². The Morgan fingerprint density at radius 3 is 3.08 bits per heavy atom. The number of aryl methyl sites for hydroxylation is 1. The largest absolute Gasteiger partial charge is 0.369 e. The van der Waals surface area contributed by atoms with E-state index in [1.165, 1.54) is 4.90 Å². The minimum absolute atomic E-state index is 0.0476. The van der Waals surface area contributed by atoms with Crippen LogP contribution in [0, 0.1) is 0 Å². The highest BCUT2D eigenvalue weighted by atomic mass is 16.5. The quantitative estimate of drug-likeness (QED) is 0.881. The predicted octanol–water partition coefficient (Wildman–Crippen LogP) is 1.03. The fraction of sp³-hybridized carbons (Fsp3) is 0.412. The summed E-state index contributed by atoms with van der Waals surface area (Å²) in [6, 6.07) is 1.15. The van der Waals surface area contributed by atoms with Crippen molar-refractivity contribution in [3.8, 4) is 0 Å². The van der Waals surface area contributed by atoms with Gasteiger partial charge in [0.1, 0.15) is 17.6 Å². The molecule has 0 aliphatic carbocycles. The van der Waals surface area contributed by atoms with Gasteiger partial charge in [0.05, 0.1) is 25.2 Å². The minimum atomic E-state index is -0.596. The number of aromatic nitrogens is 3. The molecule has 0 saturated carbocycles. The van der Waals surface area contributed by atoms with E-state index in [1.54, 1.807) is 31.8 Å². The van der Waals surface area contributed by atoms with E-state index >= 15 is 0 Å². The van der Waals surface area contributed by atoms with Crippen molar-refractivity contribution < 1.29 is 14.3 Å². The van der Waals surface area contributed by atoms with E-state index in [1.807, 2.05) is 11.5 Å². The molecule has 2 amide bonds. The third-order valence-electron chi connectivity index (χ3n) is 4.81. The second-order valence-electron chi connectivity index (χ2n) is 6.38.